The fourth-order valence-corrected chi connectivity index (χ4v) is 2.74. The largest absolute Gasteiger partial charge is 0.341 e. The molecule has 2 aromatic rings. The number of nitrogens with zero attached hydrogens (tertiary/aromatic N) is 1. The normalized spacial score (nSPS) is 12.2. The van der Waals surface area contributed by atoms with E-state index in [1.54, 1.807) is 0 Å². The zero-order valence-electron chi connectivity index (χ0n) is 11.3. The maximum atomic E-state index is 5.92. The molecule has 19 heavy (non-hydrogen) atoms. The minimum Gasteiger partial charge on any atom is -0.341 e. The second-order valence-electron chi connectivity index (χ2n) is 4.58. The Morgan fingerprint density at radius 1 is 1.16 bits per heavy atom. The summed E-state index contributed by atoms with van der Waals surface area (Å²) in [5.41, 5.74) is 9.42. The van der Waals surface area contributed by atoms with Gasteiger partial charge in [-0.2, -0.15) is 0 Å². The molecule has 0 unspecified atom stereocenters. The Kier molecular flexibility index (Phi) is 4.61. The zero-order valence-corrected chi connectivity index (χ0v) is 12.9. The molecular formula is C16H19BrN2. The third kappa shape index (κ3) is 3.17. The first-order valence-corrected chi connectivity index (χ1v) is 7.30. The van der Waals surface area contributed by atoms with Crippen molar-refractivity contribution in [2.75, 3.05) is 11.4 Å². The van der Waals surface area contributed by atoms with Crippen LogP contribution < -0.4 is 10.6 Å². The Labute approximate surface area is 123 Å². The molecule has 100 valence electrons. The molecule has 0 fully saturated rings. The van der Waals surface area contributed by atoms with E-state index in [1.807, 2.05) is 13.0 Å². The van der Waals surface area contributed by atoms with Gasteiger partial charge in [-0.15, -0.1) is 0 Å². The Balaban J connectivity index is 2.39. The lowest BCUT2D eigenvalue weighted by Crippen LogP contribution is -2.16. The van der Waals surface area contributed by atoms with Gasteiger partial charge in [0.05, 0.1) is 5.69 Å². The van der Waals surface area contributed by atoms with E-state index in [-0.39, 0.29) is 6.04 Å². The van der Waals surface area contributed by atoms with Crippen molar-refractivity contribution >= 4 is 27.3 Å². The summed E-state index contributed by atoms with van der Waals surface area (Å²) in [4.78, 5) is 2.27. The summed E-state index contributed by atoms with van der Waals surface area (Å²) in [5.74, 6) is 0. The number of nitrogens with two attached hydrogens (primary N) is 1. The Morgan fingerprint density at radius 2 is 1.84 bits per heavy atom. The van der Waals surface area contributed by atoms with Crippen molar-refractivity contribution in [3.63, 3.8) is 0 Å². The molecule has 0 amide bonds. The number of benzene rings is 2. The Morgan fingerprint density at radius 3 is 2.37 bits per heavy atom. The molecule has 0 heterocycles. The number of rotatable bonds is 4. The van der Waals surface area contributed by atoms with E-state index in [9.17, 15) is 0 Å². The first kappa shape index (κ1) is 14.1. The molecule has 2 nitrogen and oxygen atoms in total. The maximum Gasteiger partial charge on any atom is 0.0555 e. The molecule has 0 aliphatic carbocycles. The highest BCUT2D eigenvalue weighted by Crippen LogP contribution is 2.33. The van der Waals surface area contributed by atoms with Gasteiger partial charge in [0.25, 0.3) is 0 Å². The smallest absolute Gasteiger partial charge is 0.0555 e. The van der Waals surface area contributed by atoms with Crippen molar-refractivity contribution in [3.05, 3.63) is 58.6 Å². The van der Waals surface area contributed by atoms with Gasteiger partial charge < -0.3 is 10.6 Å². The topological polar surface area (TPSA) is 29.3 Å². The summed E-state index contributed by atoms with van der Waals surface area (Å²) in [6.45, 7) is 5.06. The summed E-state index contributed by atoms with van der Waals surface area (Å²) >= 11 is 3.66. The van der Waals surface area contributed by atoms with Crippen LogP contribution in [0.4, 0.5) is 11.4 Å². The van der Waals surface area contributed by atoms with E-state index in [2.05, 4.69) is 70.2 Å². The highest BCUT2D eigenvalue weighted by Gasteiger charge is 2.11. The van der Waals surface area contributed by atoms with Crippen molar-refractivity contribution in [2.24, 2.45) is 5.73 Å². The van der Waals surface area contributed by atoms with Crippen LogP contribution in [0, 0.1) is 0 Å². The number of para-hydroxylation sites is 1. The second kappa shape index (κ2) is 6.22. The quantitative estimate of drug-likeness (QED) is 0.890. The predicted molar refractivity (Wildman–Crippen MR) is 85.9 cm³/mol. The highest BCUT2D eigenvalue weighted by molar-refractivity contribution is 9.10. The van der Waals surface area contributed by atoms with Crippen LogP contribution in [0.15, 0.2) is 53.0 Å². The first-order valence-electron chi connectivity index (χ1n) is 6.51. The Hall–Kier alpha value is -1.32. The molecule has 0 saturated heterocycles. The lowest BCUT2D eigenvalue weighted by atomic mass is 10.1. The average molecular weight is 319 g/mol. The fourth-order valence-electron chi connectivity index (χ4n) is 2.13. The molecule has 0 spiro atoms. The number of hydrogen-bond acceptors (Lipinski definition) is 2. The second-order valence-corrected chi connectivity index (χ2v) is 5.43. The third-order valence-electron chi connectivity index (χ3n) is 3.17. The standard InChI is InChI=1S/C16H19BrN2/c1-3-19(14-7-5-4-6-8-14)16-10-9-13(12(2)18)11-15(16)17/h4-12H,3,18H2,1-2H3/t12-/m1/s1. The van der Waals surface area contributed by atoms with E-state index in [0.29, 0.717) is 0 Å². The van der Waals surface area contributed by atoms with Crippen LogP contribution in [0.1, 0.15) is 25.5 Å². The van der Waals surface area contributed by atoms with Gasteiger partial charge in [0.2, 0.25) is 0 Å². The average Bonchev–Trinajstić information content (AvgIpc) is 2.42. The van der Waals surface area contributed by atoms with Gasteiger partial charge in [-0.1, -0.05) is 24.3 Å². The first-order chi connectivity index (χ1) is 9.13. The minimum absolute atomic E-state index is 0.0529. The van der Waals surface area contributed by atoms with Crippen LogP contribution in [0.5, 0.6) is 0 Å². The number of anilines is 2. The third-order valence-corrected chi connectivity index (χ3v) is 3.81. The van der Waals surface area contributed by atoms with E-state index in [4.69, 9.17) is 5.73 Å². The minimum atomic E-state index is 0.0529. The van der Waals surface area contributed by atoms with Crippen LogP contribution >= 0.6 is 15.9 Å². The molecule has 0 bridgehead atoms. The van der Waals surface area contributed by atoms with Crippen molar-refractivity contribution in [1.82, 2.24) is 0 Å². The van der Waals surface area contributed by atoms with Crippen LogP contribution in [-0.2, 0) is 0 Å². The lowest BCUT2D eigenvalue weighted by molar-refractivity contribution is 0.817. The highest BCUT2D eigenvalue weighted by atomic mass is 79.9. The SMILES string of the molecule is CCN(c1ccccc1)c1ccc([C@@H](C)N)cc1Br. The summed E-state index contributed by atoms with van der Waals surface area (Å²) in [7, 11) is 0. The fraction of sp³-hybridized carbons (Fsp3) is 0.250. The predicted octanol–water partition coefficient (Wildman–Crippen LogP) is 4.63. The summed E-state index contributed by atoms with van der Waals surface area (Å²) < 4.78 is 1.08. The molecule has 0 aromatic heterocycles. The molecular weight excluding hydrogens is 300 g/mol. The number of halogens is 1. The molecule has 0 saturated carbocycles. The van der Waals surface area contributed by atoms with Gasteiger partial charge in [0, 0.05) is 22.7 Å². The monoisotopic (exact) mass is 318 g/mol. The summed E-state index contributed by atoms with van der Waals surface area (Å²) in [5, 5.41) is 0. The van der Waals surface area contributed by atoms with E-state index in [1.165, 1.54) is 5.69 Å². The van der Waals surface area contributed by atoms with E-state index >= 15 is 0 Å². The summed E-state index contributed by atoms with van der Waals surface area (Å²) in [6, 6.07) is 16.8. The van der Waals surface area contributed by atoms with Crippen LogP contribution in [-0.4, -0.2) is 6.54 Å². The lowest BCUT2D eigenvalue weighted by Gasteiger charge is -2.25. The van der Waals surface area contributed by atoms with Crippen molar-refractivity contribution in [3.8, 4) is 0 Å². The van der Waals surface area contributed by atoms with E-state index < -0.39 is 0 Å². The maximum absolute atomic E-state index is 5.92. The van der Waals surface area contributed by atoms with Gasteiger partial charge in [-0.05, 0) is 59.6 Å². The molecule has 2 rings (SSSR count). The Bertz CT molecular complexity index is 538. The molecule has 2 N–H and O–H groups in total. The van der Waals surface area contributed by atoms with Crippen molar-refractivity contribution < 1.29 is 0 Å². The molecule has 2 aromatic carbocycles. The van der Waals surface area contributed by atoms with Crippen LogP contribution in [0.3, 0.4) is 0 Å². The molecule has 0 radical (unpaired) electrons. The van der Waals surface area contributed by atoms with Gasteiger partial charge in [0.1, 0.15) is 0 Å². The van der Waals surface area contributed by atoms with Gasteiger partial charge in [0.15, 0.2) is 0 Å². The zero-order chi connectivity index (χ0) is 13.8. The molecule has 0 aliphatic heterocycles. The molecule has 1 atom stereocenters. The molecule has 3 heteroatoms. The van der Waals surface area contributed by atoms with Crippen LogP contribution in [0.2, 0.25) is 0 Å². The number of hydrogen-bond donors (Lipinski definition) is 1. The molecule has 0 aliphatic rings. The van der Waals surface area contributed by atoms with Crippen molar-refractivity contribution in [1.29, 1.82) is 0 Å². The van der Waals surface area contributed by atoms with E-state index in [0.717, 1.165) is 22.3 Å². The van der Waals surface area contributed by atoms with Crippen molar-refractivity contribution in [2.45, 2.75) is 19.9 Å². The van der Waals surface area contributed by atoms with Gasteiger partial charge >= 0.3 is 0 Å². The van der Waals surface area contributed by atoms with Gasteiger partial charge in [-0.25, -0.2) is 0 Å². The van der Waals surface area contributed by atoms with Crippen LogP contribution in [0.25, 0.3) is 0 Å². The van der Waals surface area contributed by atoms with Gasteiger partial charge in [-0.3, -0.25) is 0 Å². The summed E-state index contributed by atoms with van der Waals surface area (Å²) in [6.07, 6.45) is 0.